The first-order valence-corrected chi connectivity index (χ1v) is 9.02. The highest BCUT2D eigenvalue weighted by Gasteiger charge is 2.17. The highest BCUT2D eigenvalue weighted by atomic mass is 16.2. The summed E-state index contributed by atoms with van der Waals surface area (Å²) in [6.45, 7) is 3.95. The third kappa shape index (κ3) is 4.34. The lowest BCUT2D eigenvalue weighted by molar-refractivity contribution is -0.122. The van der Waals surface area contributed by atoms with Crippen molar-refractivity contribution >= 4 is 16.7 Å². The molecule has 27 heavy (non-hydrogen) atoms. The Kier molecular flexibility index (Phi) is 5.54. The SMILES string of the molecule is CC(C)CC(NC(=O)Cn1[nH]c(=O)c2ccccc2c1=O)c1ccccc1. The fourth-order valence-electron chi connectivity index (χ4n) is 3.18. The van der Waals surface area contributed by atoms with E-state index in [1.165, 1.54) is 0 Å². The van der Waals surface area contributed by atoms with Crippen molar-refractivity contribution in [2.45, 2.75) is 32.9 Å². The van der Waals surface area contributed by atoms with Gasteiger partial charge in [-0.15, -0.1) is 0 Å². The van der Waals surface area contributed by atoms with Crippen molar-refractivity contribution in [1.82, 2.24) is 15.1 Å². The van der Waals surface area contributed by atoms with Crippen LogP contribution in [0.1, 0.15) is 31.9 Å². The largest absolute Gasteiger partial charge is 0.348 e. The average Bonchev–Trinajstić information content (AvgIpc) is 2.66. The van der Waals surface area contributed by atoms with Crippen LogP contribution in [0.15, 0.2) is 64.2 Å². The van der Waals surface area contributed by atoms with Gasteiger partial charge in [0.05, 0.1) is 16.8 Å². The van der Waals surface area contributed by atoms with Gasteiger partial charge in [-0.05, 0) is 30.0 Å². The molecule has 0 saturated carbocycles. The molecule has 2 N–H and O–H groups in total. The fraction of sp³-hybridized carbons (Fsp3) is 0.286. The van der Waals surface area contributed by atoms with Crippen molar-refractivity contribution in [3.8, 4) is 0 Å². The summed E-state index contributed by atoms with van der Waals surface area (Å²) >= 11 is 0. The summed E-state index contributed by atoms with van der Waals surface area (Å²) in [5, 5.41) is 6.10. The zero-order chi connectivity index (χ0) is 19.4. The molecule has 2 aromatic carbocycles. The molecule has 3 aromatic rings. The quantitative estimate of drug-likeness (QED) is 0.704. The van der Waals surface area contributed by atoms with E-state index >= 15 is 0 Å². The van der Waals surface area contributed by atoms with Crippen molar-refractivity contribution in [3.63, 3.8) is 0 Å². The molecule has 0 fully saturated rings. The average molecular weight is 365 g/mol. The lowest BCUT2D eigenvalue weighted by Crippen LogP contribution is -2.38. The van der Waals surface area contributed by atoms with Crippen LogP contribution in [0.3, 0.4) is 0 Å². The van der Waals surface area contributed by atoms with Gasteiger partial charge >= 0.3 is 0 Å². The minimum Gasteiger partial charge on any atom is -0.348 e. The van der Waals surface area contributed by atoms with Crippen molar-refractivity contribution in [2.75, 3.05) is 0 Å². The van der Waals surface area contributed by atoms with Gasteiger partial charge in [0.2, 0.25) is 5.91 Å². The van der Waals surface area contributed by atoms with Crippen LogP contribution in [0.5, 0.6) is 0 Å². The topological polar surface area (TPSA) is 84.0 Å². The first kappa shape index (κ1) is 18.6. The summed E-state index contributed by atoms with van der Waals surface area (Å²) in [5.41, 5.74) is 0.235. The Bertz CT molecular complexity index is 1050. The molecular formula is C21H23N3O3. The summed E-state index contributed by atoms with van der Waals surface area (Å²) in [5.74, 6) is 0.0660. The molecule has 1 atom stereocenters. The fourth-order valence-corrected chi connectivity index (χ4v) is 3.18. The van der Waals surface area contributed by atoms with Gasteiger partial charge in [0.15, 0.2) is 0 Å². The first-order chi connectivity index (χ1) is 13.0. The van der Waals surface area contributed by atoms with E-state index in [4.69, 9.17) is 0 Å². The molecule has 0 aliphatic rings. The first-order valence-electron chi connectivity index (χ1n) is 9.02. The van der Waals surface area contributed by atoms with Crippen LogP contribution in [0.4, 0.5) is 0 Å². The molecule has 0 bridgehead atoms. The second kappa shape index (κ2) is 8.03. The van der Waals surface area contributed by atoms with Gasteiger partial charge < -0.3 is 5.32 Å². The Balaban J connectivity index is 1.84. The van der Waals surface area contributed by atoms with Crippen LogP contribution >= 0.6 is 0 Å². The Morgan fingerprint density at radius 3 is 2.30 bits per heavy atom. The van der Waals surface area contributed by atoms with Gasteiger partial charge in [-0.25, -0.2) is 4.68 Å². The molecule has 1 aromatic heterocycles. The zero-order valence-electron chi connectivity index (χ0n) is 15.4. The second-order valence-corrected chi connectivity index (χ2v) is 7.04. The zero-order valence-corrected chi connectivity index (χ0v) is 15.4. The van der Waals surface area contributed by atoms with E-state index in [9.17, 15) is 14.4 Å². The monoisotopic (exact) mass is 365 g/mol. The lowest BCUT2D eigenvalue weighted by Gasteiger charge is -2.21. The maximum atomic E-state index is 12.6. The van der Waals surface area contributed by atoms with Gasteiger partial charge in [0.1, 0.15) is 6.54 Å². The van der Waals surface area contributed by atoms with Crippen molar-refractivity contribution in [1.29, 1.82) is 0 Å². The number of hydrogen-bond donors (Lipinski definition) is 2. The molecule has 0 aliphatic carbocycles. The standard InChI is InChI=1S/C21H23N3O3/c1-14(2)12-18(15-8-4-3-5-9-15)22-19(25)13-24-21(27)17-11-7-6-10-16(17)20(26)23-24/h3-11,14,18H,12-13H2,1-2H3,(H,22,25)(H,23,26). The number of fused-ring (bicyclic) bond motifs is 1. The third-order valence-corrected chi connectivity index (χ3v) is 4.43. The summed E-state index contributed by atoms with van der Waals surface area (Å²) < 4.78 is 1.07. The number of hydrogen-bond acceptors (Lipinski definition) is 3. The highest BCUT2D eigenvalue weighted by Crippen LogP contribution is 2.21. The number of aromatic amines is 1. The normalized spacial score (nSPS) is 12.3. The highest BCUT2D eigenvalue weighted by molar-refractivity contribution is 5.81. The van der Waals surface area contributed by atoms with Gasteiger partial charge in [-0.3, -0.25) is 19.5 Å². The van der Waals surface area contributed by atoms with E-state index in [1.807, 2.05) is 30.3 Å². The Morgan fingerprint density at radius 1 is 1.00 bits per heavy atom. The molecule has 1 unspecified atom stereocenters. The van der Waals surface area contributed by atoms with Crippen molar-refractivity contribution < 1.29 is 4.79 Å². The van der Waals surface area contributed by atoms with Crippen LogP contribution in [0.2, 0.25) is 0 Å². The van der Waals surface area contributed by atoms with E-state index in [2.05, 4.69) is 24.3 Å². The van der Waals surface area contributed by atoms with Crippen LogP contribution in [-0.2, 0) is 11.3 Å². The summed E-state index contributed by atoms with van der Waals surface area (Å²) in [6.07, 6.45) is 0.777. The maximum Gasteiger partial charge on any atom is 0.273 e. The van der Waals surface area contributed by atoms with E-state index < -0.39 is 0 Å². The molecule has 3 rings (SSSR count). The molecule has 6 heteroatoms. The molecule has 1 amide bonds. The Hall–Kier alpha value is -3.15. The van der Waals surface area contributed by atoms with Crippen LogP contribution < -0.4 is 16.4 Å². The van der Waals surface area contributed by atoms with Gasteiger partial charge in [0.25, 0.3) is 11.1 Å². The van der Waals surface area contributed by atoms with Gasteiger partial charge in [0, 0.05) is 0 Å². The predicted molar refractivity (Wildman–Crippen MR) is 106 cm³/mol. The predicted octanol–water partition coefficient (Wildman–Crippen LogP) is 2.59. The van der Waals surface area contributed by atoms with E-state index in [0.29, 0.717) is 16.7 Å². The molecule has 140 valence electrons. The van der Waals surface area contributed by atoms with Crippen molar-refractivity contribution in [3.05, 3.63) is 80.9 Å². The van der Waals surface area contributed by atoms with Crippen molar-refractivity contribution in [2.24, 2.45) is 5.92 Å². The molecular weight excluding hydrogens is 342 g/mol. The number of H-pyrrole nitrogens is 1. The Morgan fingerprint density at radius 2 is 1.63 bits per heavy atom. The smallest absolute Gasteiger partial charge is 0.273 e. The van der Waals surface area contributed by atoms with Crippen LogP contribution in [-0.4, -0.2) is 15.7 Å². The number of amides is 1. The molecule has 6 nitrogen and oxygen atoms in total. The second-order valence-electron chi connectivity index (χ2n) is 7.04. The molecule has 0 spiro atoms. The van der Waals surface area contributed by atoms with Gasteiger partial charge in [-0.1, -0.05) is 56.3 Å². The van der Waals surface area contributed by atoms with E-state index in [1.54, 1.807) is 24.3 Å². The Labute approximate surface area is 156 Å². The number of nitrogens with one attached hydrogen (secondary N) is 2. The third-order valence-electron chi connectivity index (χ3n) is 4.43. The van der Waals surface area contributed by atoms with E-state index in [-0.39, 0.29) is 29.6 Å². The number of rotatable bonds is 6. The maximum absolute atomic E-state index is 12.6. The summed E-state index contributed by atoms with van der Waals surface area (Å²) in [7, 11) is 0. The number of aromatic nitrogens is 2. The minimum absolute atomic E-state index is 0.151. The van der Waals surface area contributed by atoms with Crippen LogP contribution in [0, 0.1) is 5.92 Å². The summed E-state index contributed by atoms with van der Waals surface area (Å²) in [4.78, 5) is 37.3. The van der Waals surface area contributed by atoms with E-state index in [0.717, 1.165) is 16.7 Å². The lowest BCUT2D eigenvalue weighted by atomic mass is 9.97. The molecule has 0 aliphatic heterocycles. The number of carbonyl (C=O) groups excluding carboxylic acids is 1. The number of benzene rings is 2. The van der Waals surface area contributed by atoms with Gasteiger partial charge in [-0.2, -0.15) is 0 Å². The molecule has 0 saturated heterocycles. The summed E-state index contributed by atoms with van der Waals surface area (Å²) in [6, 6.07) is 16.2. The molecule has 0 radical (unpaired) electrons. The number of carbonyl (C=O) groups is 1. The number of nitrogens with zero attached hydrogens (tertiary/aromatic N) is 1. The minimum atomic E-state index is -0.389. The molecule has 1 heterocycles. The van der Waals surface area contributed by atoms with Crippen LogP contribution in [0.25, 0.3) is 10.8 Å².